The van der Waals surface area contributed by atoms with Gasteiger partial charge >= 0.3 is 0 Å². The molecule has 1 aromatic rings. The highest BCUT2D eigenvalue weighted by molar-refractivity contribution is 7.91. The van der Waals surface area contributed by atoms with Gasteiger partial charge in [0.15, 0.2) is 15.8 Å². The number of guanidine groups is 1. The highest BCUT2D eigenvalue weighted by Crippen LogP contribution is 2.14. The van der Waals surface area contributed by atoms with Crippen molar-refractivity contribution in [2.45, 2.75) is 25.2 Å². The van der Waals surface area contributed by atoms with Gasteiger partial charge in [0.2, 0.25) is 0 Å². The van der Waals surface area contributed by atoms with E-state index in [0.29, 0.717) is 12.5 Å². The van der Waals surface area contributed by atoms with Crippen LogP contribution in [0.5, 0.6) is 0 Å². The number of sulfone groups is 1. The third-order valence-corrected chi connectivity index (χ3v) is 4.58. The molecular weight excluding hydrogens is 293 g/mol. The highest BCUT2D eigenvalue weighted by Gasteiger charge is 2.18. The van der Waals surface area contributed by atoms with Crippen LogP contribution in [0.2, 0.25) is 0 Å². The molecule has 0 aliphatic carbocycles. The van der Waals surface area contributed by atoms with Crippen molar-refractivity contribution in [1.29, 1.82) is 0 Å². The number of nitrogens with two attached hydrogens (primary N) is 1. The van der Waals surface area contributed by atoms with Crippen LogP contribution in [0.4, 0.5) is 4.39 Å². The third kappa shape index (κ3) is 6.12. The van der Waals surface area contributed by atoms with Crippen molar-refractivity contribution in [3.05, 3.63) is 30.1 Å². The maximum Gasteiger partial charge on any atom is 0.188 e. The number of aliphatic imine (C=N–C) groups is 1. The zero-order valence-electron chi connectivity index (χ0n) is 12.3. The summed E-state index contributed by atoms with van der Waals surface area (Å²) in [6.45, 7) is 4.85. The molecule has 0 amide bonds. The molecule has 1 rings (SSSR count). The average molecular weight is 315 g/mol. The van der Waals surface area contributed by atoms with E-state index >= 15 is 0 Å². The van der Waals surface area contributed by atoms with Gasteiger partial charge in [0.05, 0.1) is 5.75 Å². The second-order valence-corrected chi connectivity index (χ2v) is 7.20. The van der Waals surface area contributed by atoms with E-state index < -0.39 is 15.7 Å². The first-order valence-electron chi connectivity index (χ1n) is 6.84. The van der Waals surface area contributed by atoms with Crippen molar-refractivity contribution in [1.82, 2.24) is 5.32 Å². The molecule has 0 saturated heterocycles. The Morgan fingerprint density at radius 1 is 1.38 bits per heavy atom. The van der Waals surface area contributed by atoms with E-state index in [-0.39, 0.29) is 23.2 Å². The predicted octanol–water partition coefficient (Wildman–Crippen LogP) is 1.55. The molecule has 0 unspecified atom stereocenters. The lowest BCUT2D eigenvalue weighted by atomic mass is 10.1. The SMILES string of the molecule is CC(C)CCN=C(N)NCCS(=O)(=O)c1ccccc1F. The van der Waals surface area contributed by atoms with Crippen LogP contribution in [0.15, 0.2) is 34.2 Å². The maximum absolute atomic E-state index is 13.5. The number of halogens is 1. The summed E-state index contributed by atoms with van der Waals surface area (Å²) < 4.78 is 37.4. The Hall–Kier alpha value is -1.63. The molecule has 0 radical (unpaired) electrons. The summed E-state index contributed by atoms with van der Waals surface area (Å²) >= 11 is 0. The van der Waals surface area contributed by atoms with Gasteiger partial charge in [0.25, 0.3) is 0 Å². The van der Waals surface area contributed by atoms with Crippen molar-refractivity contribution >= 4 is 15.8 Å². The van der Waals surface area contributed by atoms with E-state index in [1.807, 2.05) is 0 Å². The van der Waals surface area contributed by atoms with Gasteiger partial charge in [-0.25, -0.2) is 12.8 Å². The van der Waals surface area contributed by atoms with Crippen LogP contribution in [0, 0.1) is 11.7 Å². The Labute approximate surface area is 125 Å². The number of benzene rings is 1. The molecule has 0 aromatic heterocycles. The first-order valence-corrected chi connectivity index (χ1v) is 8.49. The molecular formula is C14H22FN3O2S. The van der Waals surface area contributed by atoms with Crippen LogP contribution in [0.3, 0.4) is 0 Å². The molecule has 0 saturated carbocycles. The van der Waals surface area contributed by atoms with E-state index in [9.17, 15) is 12.8 Å². The molecule has 0 spiro atoms. The van der Waals surface area contributed by atoms with Crippen LogP contribution in [-0.4, -0.2) is 33.2 Å². The summed E-state index contributed by atoms with van der Waals surface area (Å²) in [6.07, 6.45) is 0.913. The fraction of sp³-hybridized carbons (Fsp3) is 0.500. The van der Waals surface area contributed by atoms with Crippen molar-refractivity contribution < 1.29 is 12.8 Å². The first-order chi connectivity index (χ1) is 9.83. The molecule has 21 heavy (non-hydrogen) atoms. The van der Waals surface area contributed by atoms with Crippen LogP contribution in [0.1, 0.15) is 20.3 Å². The number of rotatable bonds is 7. The van der Waals surface area contributed by atoms with Gasteiger partial charge in [-0.3, -0.25) is 4.99 Å². The number of hydrogen-bond acceptors (Lipinski definition) is 3. The number of nitrogens with one attached hydrogen (secondary N) is 1. The molecule has 0 aliphatic heterocycles. The third-order valence-electron chi connectivity index (χ3n) is 2.84. The lowest BCUT2D eigenvalue weighted by molar-refractivity contribution is 0.566. The summed E-state index contributed by atoms with van der Waals surface area (Å²) in [7, 11) is -3.67. The van der Waals surface area contributed by atoms with Crippen molar-refractivity contribution in [2.24, 2.45) is 16.6 Å². The minimum Gasteiger partial charge on any atom is -0.370 e. The van der Waals surface area contributed by atoms with Crippen molar-refractivity contribution in [3.63, 3.8) is 0 Å². The van der Waals surface area contributed by atoms with Crippen LogP contribution in [-0.2, 0) is 9.84 Å². The molecule has 0 bridgehead atoms. The minimum absolute atomic E-state index is 0.0910. The summed E-state index contributed by atoms with van der Waals surface area (Å²) in [5.74, 6) is -0.243. The predicted molar refractivity (Wildman–Crippen MR) is 82.4 cm³/mol. The smallest absolute Gasteiger partial charge is 0.188 e. The van der Waals surface area contributed by atoms with Crippen LogP contribution >= 0.6 is 0 Å². The normalized spacial score (nSPS) is 12.7. The second-order valence-electron chi connectivity index (χ2n) is 5.13. The molecule has 0 heterocycles. The molecule has 0 atom stereocenters. The van der Waals surface area contributed by atoms with Gasteiger partial charge in [0, 0.05) is 13.1 Å². The zero-order valence-corrected chi connectivity index (χ0v) is 13.2. The lowest BCUT2D eigenvalue weighted by Gasteiger charge is -2.08. The van der Waals surface area contributed by atoms with Gasteiger partial charge in [-0.15, -0.1) is 0 Å². The molecule has 118 valence electrons. The highest BCUT2D eigenvalue weighted by atomic mass is 32.2. The number of nitrogens with zero attached hydrogens (tertiary/aromatic N) is 1. The van der Waals surface area contributed by atoms with E-state index in [4.69, 9.17) is 5.73 Å². The Bertz CT molecular complexity index is 586. The van der Waals surface area contributed by atoms with Gasteiger partial charge in [-0.1, -0.05) is 26.0 Å². The fourth-order valence-corrected chi connectivity index (χ4v) is 2.86. The van der Waals surface area contributed by atoms with Gasteiger partial charge in [0.1, 0.15) is 10.7 Å². The summed E-state index contributed by atoms with van der Waals surface area (Å²) in [5, 5.41) is 2.73. The van der Waals surface area contributed by atoms with E-state index in [0.717, 1.165) is 12.5 Å². The lowest BCUT2D eigenvalue weighted by Crippen LogP contribution is -2.35. The summed E-state index contributed by atoms with van der Waals surface area (Å²) in [6, 6.07) is 5.32. The van der Waals surface area contributed by atoms with Crippen molar-refractivity contribution in [3.8, 4) is 0 Å². The summed E-state index contributed by atoms with van der Waals surface area (Å²) in [5.41, 5.74) is 5.63. The van der Waals surface area contributed by atoms with E-state index in [1.165, 1.54) is 18.2 Å². The van der Waals surface area contributed by atoms with Crippen LogP contribution in [0.25, 0.3) is 0 Å². The number of hydrogen-bond donors (Lipinski definition) is 2. The molecule has 5 nitrogen and oxygen atoms in total. The molecule has 7 heteroatoms. The molecule has 3 N–H and O–H groups in total. The Kier molecular flexibility index (Phi) is 6.61. The van der Waals surface area contributed by atoms with Gasteiger partial charge < -0.3 is 11.1 Å². The Balaban J connectivity index is 2.50. The van der Waals surface area contributed by atoms with Crippen LogP contribution < -0.4 is 11.1 Å². The first kappa shape index (κ1) is 17.4. The topological polar surface area (TPSA) is 84.5 Å². The zero-order chi connectivity index (χ0) is 15.9. The second kappa shape index (κ2) is 7.97. The standard InChI is InChI=1S/C14H22FN3O2S/c1-11(2)7-8-17-14(16)18-9-10-21(19,20)13-6-4-3-5-12(13)15/h3-6,11H,7-10H2,1-2H3,(H3,16,17,18). The van der Waals surface area contributed by atoms with Gasteiger partial charge in [-0.05, 0) is 24.5 Å². The van der Waals surface area contributed by atoms with E-state index in [2.05, 4.69) is 24.2 Å². The largest absolute Gasteiger partial charge is 0.370 e. The van der Waals surface area contributed by atoms with E-state index in [1.54, 1.807) is 0 Å². The monoisotopic (exact) mass is 315 g/mol. The fourth-order valence-electron chi connectivity index (χ4n) is 1.62. The Morgan fingerprint density at radius 2 is 2.05 bits per heavy atom. The molecule has 1 aromatic carbocycles. The Morgan fingerprint density at radius 3 is 2.67 bits per heavy atom. The quantitative estimate of drug-likeness (QED) is 0.590. The summed E-state index contributed by atoms with van der Waals surface area (Å²) in [4.78, 5) is 3.80. The van der Waals surface area contributed by atoms with Crippen molar-refractivity contribution in [2.75, 3.05) is 18.8 Å². The molecule has 0 aliphatic rings. The maximum atomic E-state index is 13.5. The van der Waals surface area contributed by atoms with Gasteiger partial charge in [-0.2, -0.15) is 0 Å². The minimum atomic E-state index is -3.67. The average Bonchev–Trinajstić information content (AvgIpc) is 2.38. The molecule has 0 fully saturated rings.